The summed E-state index contributed by atoms with van der Waals surface area (Å²) >= 11 is 0. The van der Waals surface area contributed by atoms with E-state index in [4.69, 9.17) is 9.47 Å². The molecule has 5 aromatic rings. The zero-order chi connectivity index (χ0) is 26.4. The molecule has 37 heavy (non-hydrogen) atoms. The van der Waals surface area contributed by atoms with E-state index in [-0.39, 0.29) is 16.9 Å². The van der Waals surface area contributed by atoms with Gasteiger partial charge in [0, 0.05) is 44.5 Å². The zero-order valence-corrected chi connectivity index (χ0v) is 20.7. The fourth-order valence-electron chi connectivity index (χ4n) is 4.52. The molecule has 0 spiro atoms. The van der Waals surface area contributed by atoms with E-state index in [1.165, 1.54) is 23.7 Å². The summed E-state index contributed by atoms with van der Waals surface area (Å²) in [6.45, 7) is 0.432. The van der Waals surface area contributed by atoms with Gasteiger partial charge in [-0.05, 0) is 24.1 Å². The molecule has 0 saturated heterocycles. The van der Waals surface area contributed by atoms with Crippen LogP contribution in [0.3, 0.4) is 0 Å². The number of fused-ring (bicyclic) bond motifs is 3. The number of methoxy groups -OCH3 is 2. The fraction of sp³-hybridized carbons (Fsp3) is 0.240. The second-order valence-corrected chi connectivity index (χ2v) is 8.57. The number of hydrogen-bond acceptors (Lipinski definition) is 7. The summed E-state index contributed by atoms with van der Waals surface area (Å²) in [5, 5.41) is 11.4. The number of rotatable bonds is 7. The van der Waals surface area contributed by atoms with Gasteiger partial charge in [0.15, 0.2) is 22.7 Å². The Kier molecular flexibility index (Phi) is 5.78. The van der Waals surface area contributed by atoms with Crippen LogP contribution in [0.1, 0.15) is 5.56 Å². The van der Waals surface area contributed by atoms with Crippen LogP contribution in [0.2, 0.25) is 0 Å². The molecule has 190 valence electrons. The van der Waals surface area contributed by atoms with Gasteiger partial charge >= 0.3 is 5.69 Å². The first-order valence-corrected chi connectivity index (χ1v) is 11.4. The van der Waals surface area contributed by atoms with Gasteiger partial charge in [0.25, 0.3) is 11.2 Å². The highest BCUT2D eigenvalue weighted by Crippen LogP contribution is 2.30. The predicted octanol–water partition coefficient (Wildman–Crippen LogP) is 2.52. The minimum absolute atomic E-state index is 0.0500. The first-order chi connectivity index (χ1) is 17.7. The van der Waals surface area contributed by atoms with E-state index in [0.29, 0.717) is 41.5 Å². The van der Waals surface area contributed by atoms with Crippen molar-refractivity contribution in [2.24, 2.45) is 14.1 Å². The zero-order valence-electron chi connectivity index (χ0n) is 20.7. The van der Waals surface area contributed by atoms with Gasteiger partial charge in [-0.3, -0.25) is 28.4 Å². The highest BCUT2D eigenvalue weighted by Gasteiger charge is 2.22. The van der Waals surface area contributed by atoms with Gasteiger partial charge in [-0.25, -0.2) is 4.79 Å². The number of aromatic nitrogens is 5. The van der Waals surface area contributed by atoms with E-state index in [1.807, 2.05) is 22.8 Å². The molecule has 0 N–H and O–H groups in total. The third-order valence-electron chi connectivity index (χ3n) is 6.48. The number of non-ortho nitro benzene ring substituents is 1. The number of nitrogens with zero attached hydrogens (tertiary/aromatic N) is 6. The van der Waals surface area contributed by atoms with Crippen molar-refractivity contribution >= 4 is 22.6 Å². The van der Waals surface area contributed by atoms with Crippen LogP contribution < -0.4 is 20.7 Å². The standard InChI is InChI=1S/C25H24N6O6/c1-27-22-21(23(32)28(2)25(27)33)30-14-18(16-6-5-7-17(13-16)31(34)35)29(24(30)26-22)11-10-15-8-9-19(36-3)20(12-15)37-4/h5-9,12-14H,10-11H2,1-4H3. The average Bonchev–Trinajstić information content (AvgIpc) is 3.45. The molecule has 0 radical (unpaired) electrons. The Labute approximate surface area is 209 Å². The smallest absolute Gasteiger partial charge is 0.332 e. The molecule has 3 heterocycles. The van der Waals surface area contributed by atoms with Gasteiger partial charge < -0.3 is 14.0 Å². The molecule has 0 amide bonds. The molecule has 5 rings (SSSR count). The molecular formula is C25H24N6O6. The van der Waals surface area contributed by atoms with Crippen molar-refractivity contribution in [3.8, 4) is 22.8 Å². The Hall–Kier alpha value is -4.87. The minimum atomic E-state index is -0.478. The lowest BCUT2D eigenvalue weighted by atomic mass is 10.1. The summed E-state index contributed by atoms with van der Waals surface area (Å²) in [5.74, 6) is 1.65. The quantitative estimate of drug-likeness (QED) is 0.246. The number of hydrogen-bond donors (Lipinski definition) is 0. The lowest BCUT2D eigenvalue weighted by Gasteiger charge is -2.12. The van der Waals surface area contributed by atoms with Crippen molar-refractivity contribution in [2.75, 3.05) is 14.2 Å². The largest absolute Gasteiger partial charge is 0.493 e. The second kappa shape index (κ2) is 8.97. The van der Waals surface area contributed by atoms with Crippen LogP contribution in [-0.4, -0.2) is 42.2 Å². The Morgan fingerprint density at radius 2 is 1.76 bits per heavy atom. The molecule has 0 unspecified atom stereocenters. The fourth-order valence-corrected chi connectivity index (χ4v) is 4.52. The number of aryl methyl sites for hydroxylation is 3. The minimum Gasteiger partial charge on any atom is -0.493 e. The molecule has 0 saturated carbocycles. The van der Waals surface area contributed by atoms with Crippen molar-refractivity contribution in [1.29, 1.82) is 0 Å². The molecule has 0 bridgehead atoms. The molecular weight excluding hydrogens is 480 g/mol. The van der Waals surface area contributed by atoms with Gasteiger partial charge in [0.2, 0.25) is 5.78 Å². The van der Waals surface area contributed by atoms with Crippen molar-refractivity contribution in [1.82, 2.24) is 23.1 Å². The molecule has 2 aromatic carbocycles. The van der Waals surface area contributed by atoms with E-state index in [9.17, 15) is 19.7 Å². The maximum Gasteiger partial charge on any atom is 0.332 e. The van der Waals surface area contributed by atoms with Crippen LogP contribution >= 0.6 is 0 Å². The second-order valence-electron chi connectivity index (χ2n) is 8.57. The van der Waals surface area contributed by atoms with Crippen molar-refractivity contribution in [2.45, 2.75) is 13.0 Å². The number of imidazole rings is 2. The Balaban J connectivity index is 1.71. The summed E-state index contributed by atoms with van der Waals surface area (Å²) in [4.78, 5) is 41.2. The van der Waals surface area contributed by atoms with Crippen LogP contribution in [0, 0.1) is 10.1 Å². The molecule has 0 aliphatic heterocycles. The first-order valence-electron chi connectivity index (χ1n) is 11.4. The van der Waals surface area contributed by atoms with E-state index in [0.717, 1.165) is 10.1 Å². The Morgan fingerprint density at radius 3 is 2.46 bits per heavy atom. The van der Waals surface area contributed by atoms with Crippen molar-refractivity contribution < 1.29 is 14.4 Å². The van der Waals surface area contributed by atoms with Gasteiger partial charge in [-0.15, -0.1) is 0 Å². The lowest BCUT2D eigenvalue weighted by Crippen LogP contribution is -2.37. The van der Waals surface area contributed by atoms with Crippen LogP contribution in [0.15, 0.2) is 58.3 Å². The lowest BCUT2D eigenvalue weighted by molar-refractivity contribution is -0.384. The molecule has 0 fully saturated rings. The summed E-state index contributed by atoms with van der Waals surface area (Å²) in [7, 11) is 6.11. The van der Waals surface area contributed by atoms with Gasteiger partial charge in [0.05, 0.1) is 24.8 Å². The summed E-state index contributed by atoms with van der Waals surface area (Å²) < 4.78 is 16.6. The molecule has 12 heteroatoms. The molecule has 0 aliphatic rings. The topological polar surface area (TPSA) is 128 Å². The van der Waals surface area contributed by atoms with Gasteiger partial charge in [-0.2, -0.15) is 4.98 Å². The Bertz CT molecular complexity index is 1810. The summed E-state index contributed by atoms with van der Waals surface area (Å²) in [6.07, 6.45) is 2.29. The van der Waals surface area contributed by atoms with E-state index in [2.05, 4.69) is 4.98 Å². The van der Waals surface area contributed by atoms with Crippen molar-refractivity contribution in [3.63, 3.8) is 0 Å². The van der Waals surface area contributed by atoms with Gasteiger partial charge in [-0.1, -0.05) is 18.2 Å². The third-order valence-corrected chi connectivity index (χ3v) is 6.48. The summed E-state index contributed by atoms with van der Waals surface area (Å²) in [6, 6.07) is 11.9. The van der Waals surface area contributed by atoms with Gasteiger partial charge in [0.1, 0.15) is 0 Å². The maximum absolute atomic E-state index is 13.1. The molecule has 12 nitrogen and oxygen atoms in total. The van der Waals surface area contributed by atoms with E-state index >= 15 is 0 Å². The molecule has 0 atom stereocenters. The van der Waals surface area contributed by atoms with E-state index < -0.39 is 16.2 Å². The van der Waals surface area contributed by atoms with Crippen LogP contribution in [0.25, 0.3) is 28.2 Å². The van der Waals surface area contributed by atoms with E-state index in [1.54, 1.807) is 44.0 Å². The number of benzene rings is 2. The SMILES string of the molecule is COc1ccc(CCn2c(-c3cccc([N+](=O)[O-])c3)cn3c4c(=O)n(C)c(=O)n(C)c4nc23)cc1OC. The highest BCUT2D eigenvalue weighted by molar-refractivity contribution is 5.78. The first kappa shape index (κ1) is 23.9. The average molecular weight is 505 g/mol. The predicted molar refractivity (Wildman–Crippen MR) is 137 cm³/mol. The summed E-state index contributed by atoms with van der Waals surface area (Å²) in [5.41, 5.74) is 1.71. The van der Waals surface area contributed by atoms with Crippen LogP contribution in [0.4, 0.5) is 5.69 Å². The maximum atomic E-state index is 13.1. The number of ether oxygens (including phenoxy) is 2. The van der Waals surface area contributed by atoms with Crippen LogP contribution in [-0.2, 0) is 27.1 Å². The highest BCUT2D eigenvalue weighted by atomic mass is 16.6. The Morgan fingerprint density at radius 1 is 1.00 bits per heavy atom. The molecule has 0 aliphatic carbocycles. The number of nitro benzene ring substituents is 1. The monoisotopic (exact) mass is 504 g/mol. The molecule has 3 aromatic heterocycles. The normalized spacial score (nSPS) is 11.4. The third kappa shape index (κ3) is 3.82. The van der Waals surface area contributed by atoms with Crippen molar-refractivity contribution in [3.05, 3.63) is 85.2 Å². The number of nitro groups is 1. The van der Waals surface area contributed by atoms with Crippen LogP contribution in [0.5, 0.6) is 11.5 Å².